The summed E-state index contributed by atoms with van der Waals surface area (Å²) >= 11 is 5.74. The van der Waals surface area contributed by atoms with E-state index in [0.717, 1.165) is 30.2 Å². The van der Waals surface area contributed by atoms with Crippen molar-refractivity contribution in [1.82, 2.24) is 14.5 Å². The Morgan fingerprint density at radius 2 is 2.23 bits per heavy atom. The van der Waals surface area contributed by atoms with Gasteiger partial charge in [-0.25, -0.2) is 9.37 Å². The van der Waals surface area contributed by atoms with Gasteiger partial charge >= 0.3 is 0 Å². The molecule has 1 aliphatic heterocycles. The number of hydrogen-bond donors (Lipinski definition) is 0. The number of aromatic nitrogens is 2. The molecule has 6 heteroatoms. The molecule has 0 aliphatic carbocycles. The summed E-state index contributed by atoms with van der Waals surface area (Å²) in [6.45, 7) is 5.14. The maximum atomic E-state index is 13.6. The predicted octanol–water partition coefficient (Wildman–Crippen LogP) is 3.40. The number of benzene rings is 1. The maximum absolute atomic E-state index is 13.6. The molecule has 4 nitrogen and oxygen atoms in total. The minimum absolute atomic E-state index is 0.162. The number of nitrogens with zero attached hydrogens (tertiary/aromatic N) is 3. The van der Waals surface area contributed by atoms with Crippen LogP contribution in [-0.2, 0) is 24.4 Å². The molecule has 118 valence electrons. The van der Waals surface area contributed by atoms with Gasteiger partial charge in [0.1, 0.15) is 11.6 Å². The molecule has 1 atom stereocenters. The van der Waals surface area contributed by atoms with Crippen LogP contribution in [0.25, 0.3) is 0 Å². The Balaban J connectivity index is 1.77. The highest BCUT2D eigenvalue weighted by atomic mass is 35.5. The first-order valence-electron chi connectivity index (χ1n) is 7.31. The minimum atomic E-state index is -0.368. The van der Waals surface area contributed by atoms with Crippen LogP contribution in [0.2, 0.25) is 5.02 Å². The monoisotopic (exact) mass is 323 g/mol. The largest absolute Gasteiger partial charge is 0.378 e. The van der Waals surface area contributed by atoms with Gasteiger partial charge in [-0.3, -0.25) is 4.90 Å². The lowest BCUT2D eigenvalue weighted by Gasteiger charge is -2.34. The normalized spacial score (nSPS) is 18.5. The molecule has 0 saturated carbocycles. The van der Waals surface area contributed by atoms with Gasteiger partial charge in [-0.2, -0.15) is 0 Å². The van der Waals surface area contributed by atoms with Crippen LogP contribution in [0.1, 0.15) is 30.0 Å². The second-order valence-electron chi connectivity index (χ2n) is 5.59. The van der Waals surface area contributed by atoms with Gasteiger partial charge in [-0.1, -0.05) is 17.7 Å². The Bertz CT molecular complexity index is 673. The number of ether oxygens (including phenoxy) is 1. The smallest absolute Gasteiger partial charge is 0.142 e. The maximum Gasteiger partial charge on any atom is 0.142 e. The van der Waals surface area contributed by atoms with Gasteiger partial charge in [-0.15, -0.1) is 0 Å². The summed E-state index contributed by atoms with van der Waals surface area (Å²) in [5, 5.41) is 0.162. The van der Waals surface area contributed by atoms with Crippen molar-refractivity contribution >= 4 is 11.6 Å². The summed E-state index contributed by atoms with van der Waals surface area (Å²) in [6, 6.07) is 5.17. The van der Waals surface area contributed by atoms with Crippen molar-refractivity contribution < 1.29 is 9.13 Å². The van der Waals surface area contributed by atoms with Crippen molar-refractivity contribution in [3.8, 4) is 0 Å². The van der Waals surface area contributed by atoms with E-state index < -0.39 is 0 Å². The van der Waals surface area contributed by atoms with Crippen LogP contribution in [0.3, 0.4) is 0 Å². The van der Waals surface area contributed by atoms with Crippen molar-refractivity contribution in [3.63, 3.8) is 0 Å². The number of hydrogen-bond acceptors (Lipinski definition) is 3. The first kappa shape index (κ1) is 15.5. The molecule has 1 unspecified atom stereocenters. The van der Waals surface area contributed by atoms with Crippen LogP contribution in [0.4, 0.5) is 4.39 Å². The summed E-state index contributed by atoms with van der Waals surface area (Å²) < 4.78 is 21.0. The van der Waals surface area contributed by atoms with Crippen molar-refractivity contribution in [2.75, 3.05) is 13.7 Å². The zero-order chi connectivity index (χ0) is 15.7. The second kappa shape index (κ2) is 6.36. The summed E-state index contributed by atoms with van der Waals surface area (Å²) in [6.07, 6.45) is 1.88. The van der Waals surface area contributed by atoms with Crippen LogP contribution in [0, 0.1) is 5.82 Å². The molecule has 0 fully saturated rings. The van der Waals surface area contributed by atoms with E-state index in [-0.39, 0.29) is 16.9 Å². The molecule has 2 heterocycles. The molecular weight excluding hydrogens is 305 g/mol. The molecule has 0 bridgehead atoms. The molecule has 2 aromatic rings. The minimum Gasteiger partial charge on any atom is -0.378 e. The number of rotatable bonds is 4. The Morgan fingerprint density at radius 3 is 2.95 bits per heavy atom. The second-order valence-corrected chi connectivity index (χ2v) is 5.99. The van der Waals surface area contributed by atoms with Crippen LogP contribution in [0.15, 0.2) is 24.4 Å². The predicted molar refractivity (Wildman–Crippen MR) is 83.2 cm³/mol. The lowest BCUT2D eigenvalue weighted by molar-refractivity contribution is 0.143. The van der Waals surface area contributed by atoms with E-state index in [1.165, 1.54) is 6.07 Å². The van der Waals surface area contributed by atoms with Crippen molar-refractivity contribution in [1.29, 1.82) is 0 Å². The fraction of sp³-hybridized carbons (Fsp3) is 0.438. The summed E-state index contributed by atoms with van der Waals surface area (Å²) in [5.41, 5.74) is 2.02. The standard InChI is InChI=1S/C16H19ClFN3O/c1-11-16-19-8-13(10-22-2)21(16)6-5-20(11)9-12-3-4-14(17)15(18)7-12/h3-4,7-8,11H,5-6,9-10H2,1-2H3. The molecule has 22 heavy (non-hydrogen) atoms. The van der Waals surface area contributed by atoms with Gasteiger partial charge in [0, 0.05) is 26.7 Å². The Hall–Kier alpha value is -1.43. The molecule has 1 aliphatic rings. The molecular formula is C16H19ClFN3O. The molecule has 3 rings (SSSR count). The Labute approximate surface area is 134 Å². The fourth-order valence-electron chi connectivity index (χ4n) is 2.96. The Morgan fingerprint density at radius 1 is 1.41 bits per heavy atom. The van der Waals surface area contributed by atoms with Gasteiger partial charge < -0.3 is 9.30 Å². The lowest BCUT2D eigenvalue weighted by Crippen LogP contribution is -2.37. The van der Waals surface area contributed by atoms with Crippen LogP contribution >= 0.6 is 11.6 Å². The molecule has 0 radical (unpaired) electrons. The van der Waals surface area contributed by atoms with Crippen molar-refractivity contribution in [2.45, 2.75) is 32.7 Å². The van der Waals surface area contributed by atoms with E-state index in [4.69, 9.17) is 16.3 Å². The van der Waals surface area contributed by atoms with E-state index >= 15 is 0 Å². The molecule has 1 aromatic carbocycles. The van der Waals surface area contributed by atoms with E-state index in [0.29, 0.717) is 13.2 Å². The average Bonchev–Trinajstić information content (AvgIpc) is 2.90. The van der Waals surface area contributed by atoms with Crippen molar-refractivity contribution in [3.05, 3.63) is 52.3 Å². The molecule has 0 saturated heterocycles. The van der Waals surface area contributed by atoms with Crippen LogP contribution in [0.5, 0.6) is 0 Å². The van der Waals surface area contributed by atoms with E-state index in [9.17, 15) is 4.39 Å². The van der Waals surface area contributed by atoms with Gasteiger partial charge in [-0.05, 0) is 24.6 Å². The van der Waals surface area contributed by atoms with Gasteiger partial charge in [0.05, 0.1) is 29.6 Å². The number of methoxy groups -OCH3 is 1. The highest BCUT2D eigenvalue weighted by Crippen LogP contribution is 2.27. The first-order valence-corrected chi connectivity index (χ1v) is 7.69. The zero-order valence-corrected chi connectivity index (χ0v) is 13.5. The average molecular weight is 324 g/mol. The van der Waals surface area contributed by atoms with E-state index in [2.05, 4.69) is 21.4 Å². The van der Waals surface area contributed by atoms with Gasteiger partial charge in [0.25, 0.3) is 0 Å². The van der Waals surface area contributed by atoms with E-state index in [1.807, 2.05) is 12.3 Å². The summed E-state index contributed by atoms with van der Waals surface area (Å²) in [4.78, 5) is 6.82. The Kier molecular flexibility index (Phi) is 4.47. The van der Waals surface area contributed by atoms with Gasteiger partial charge in [0.15, 0.2) is 0 Å². The molecule has 1 aromatic heterocycles. The highest BCUT2D eigenvalue weighted by Gasteiger charge is 2.27. The number of fused-ring (bicyclic) bond motifs is 1. The fourth-order valence-corrected chi connectivity index (χ4v) is 3.07. The highest BCUT2D eigenvalue weighted by molar-refractivity contribution is 6.30. The number of halogens is 2. The molecule has 0 amide bonds. The molecule has 0 N–H and O–H groups in total. The third-order valence-corrected chi connectivity index (χ3v) is 4.47. The van der Waals surface area contributed by atoms with Crippen molar-refractivity contribution in [2.24, 2.45) is 0 Å². The first-order chi connectivity index (χ1) is 10.6. The van der Waals surface area contributed by atoms with E-state index in [1.54, 1.807) is 13.2 Å². The van der Waals surface area contributed by atoms with Crippen LogP contribution < -0.4 is 0 Å². The van der Waals surface area contributed by atoms with Crippen LogP contribution in [-0.4, -0.2) is 28.1 Å². The third-order valence-electron chi connectivity index (χ3n) is 4.16. The number of imidazole rings is 1. The third kappa shape index (κ3) is 2.89. The lowest BCUT2D eigenvalue weighted by atomic mass is 10.1. The SMILES string of the molecule is COCc1cnc2n1CCN(Cc1ccc(Cl)c(F)c1)C2C. The summed E-state index contributed by atoms with van der Waals surface area (Å²) in [5.74, 6) is 0.667. The summed E-state index contributed by atoms with van der Waals surface area (Å²) in [7, 11) is 1.69. The van der Waals surface area contributed by atoms with Gasteiger partial charge in [0.2, 0.25) is 0 Å². The quantitative estimate of drug-likeness (QED) is 0.864. The topological polar surface area (TPSA) is 30.3 Å². The zero-order valence-electron chi connectivity index (χ0n) is 12.7. The molecule has 0 spiro atoms.